The summed E-state index contributed by atoms with van der Waals surface area (Å²) < 4.78 is 0. The SMILES string of the molecule is CCC(CO)(CO)CCCc1ccccc1. The van der Waals surface area contributed by atoms with Crippen molar-refractivity contribution in [3.05, 3.63) is 35.9 Å². The number of rotatable bonds is 7. The second-order valence-corrected chi connectivity index (χ2v) is 4.51. The van der Waals surface area contributed by atoms with Crippen LogP contribution in [0.2, 0.25) is 0 Å². The molecule has 0 aliphatic heterocycles. The first-order valence-electron chi connectivity index (χ1n) is 6.02. The van der Waals surface area contributed by atoms with E-state index in [1.807, 2.05) is 25.1 Å². The van der Waals surface area contributed by atoms with E-state index in [-0.39, 0.29) is 18.6 Å². The van der Waals surface area contributed by atoms with Gasteiger partial charge in [-0.1, -0.05) is 37.3 Å². The highest BCUT2D eigenvalue weighted by atomic mass is 16.3. The van der Waals surface area contributed by atoms with Gasteiger partial charge in [-0.3, -0.25) is 0 Å². The van der Waals surface area contributed by atoms with E-state index in [4.69, 9.17) is 0 Å². The van der Waals surface area contributed by atoms with Gasteiger partial charge in [-0.15, -0.1) is 0 Å². The van der Waals surface area contributed by atoms with E-state index in [0.29, 0.717) is 0 Å². The molecule has 0 spiro atoms. The summed E-state index contributed by atoms with van der Waals surface area (Å²) in [4.78, 5) is 0. The lowest BCUT2D eigenvalue weighted by molar-refractivity contribution is 0.0422. The van der Waals surface area contributed by atoms with Crippen molar-refractivity contribution in [2.75, 3.05) is 13.2 Å². The van der Waals surface area contributed by atoms with E-state index in [1.54, 1.807) is 0 Å². The summed E-state index contributed by atoms with van der Waals surface area (Å²) in [5.74, 6) is 0. The van der Waals surface area contributed by atoms with Gasteiger partial charge in [-0.2, -0.15) is 0 Å². The Morgan fingerprint density at radius 1 is 1.06 bits per heavy atom. The van der Waals surface area contributed by atoms with Crippen LogP contribution in [0.3, 0.4) is 0 Å². The van der Waals surface area contributed by atoms with Gasteiger partial charge in [0.15, 0.2) is 0 Å². The summed E-state index contributed by atoms with van der Waals surface area (Å²) in [5.41, 5.74) is 1.04. The Hall–Kier alpha value is -0.860. The van der Waals surface area contributed by atoms with Crippen LogP contribution in [0.1, 0.15) is 31.7 Å². The predicted octanol–water partition coefficient (Wildman–Crippen LogP) is 2.39. The number of benzene rings is 1. The molecule has 0 unspecified atom stereocenters. The van der Waals surface area contributed by atoms with Crippen molar-refractivity contribution in [1.82, 2.24) is 0 Å². The van der Waals surface area contributed by atoms with Gasteiger partial charge in [-0.25, -0.2) is 0 Å². The average Bonchev–Trinajstić information content (AvgIpc) is 2.37. The van der Waals surface area contributed by atoms with E-state index in [1.165, 1.54) is 5.56 Å². The fraction of sp³-hybridized carbons (Fsp3) is 0.571. The molecule has 16 heavy (non-hydrogen) atoms. The van der Waals surface area contributed by atoms with Gasteiger partial charge < -0.3 is 10.2 Å². The summed E-state index contributed by atoms with van der Waals surface area (Å²) in [6.07, 6.45) is 3.74. The molecular formula is C14H22O2. The third-order valence-electron chi connectivity index (χ3n) is 3.44. The Morgan fingerprint density at radius 3 is 2.19 bits per heavy atom. The first-order chi connectivity index (χ1) is 7.76. The van der Waals surface area contributed by atoms with Crippen LogP contribution in [0.15, 0.2) is 30.3 Å². The molecule has 90 valence electrons. The third kappa shape index (κ3) is 3.62. The molecule has 0 aliphatic rings. The number of hydrogen-bond acceptors (Lipinski definition) is 2. The van der Waals surface area contributed by atoms with Crippen molar-refractivity contribution in [3.63, 3.8) is 0 Å². The minimum Gasteiger partial charge on any atom is -0.396 e. The van der Waals surface area contributed by atoms with Crippen molar-refractivity contribution in [1.29, 1.82) is 0 Å². The molecule has 1 aromatic carbocycles. The maximum Gasteiger partial charge on any atom is 0.0509 e. The highest BCUT2D eigenvalue weighted by Gasteiger charge is 2.25. The Balaban J connectivity index is 2.39. The van der Waals surface area contributed by atoms with Gasteiger partial charge in [0, 0.05) is 5.41 Å². The molecule has 0 saturated heterocycles. The van der Waals surface area contributed by atoms with Crippen LogP contribution in [0.5, 0.6) is 0 Å². The summed E-state index contributed by atoms with van der Waals surface area (Å²) in [6, 6.07) is 10.3. The van der Waals surface area contributed by atoms with Gasteiger partial charge >= 0.3 is 0 Å². The van der Waals surface area contributed by atoms with Crippen LogP contribution in [-0.2, 0) is 6.42 Å². The molecule has 0 aromatic heterocycles. The monoisotopic (exact) mass is 222 g/mol. The zero-order chi connectivity index (χ0) is 11.9. The lowest BCUT2D eigenvalue weighted by Gasteiger charge is -2.28. The molecular weight excluding hydrogens is 200 g/mol. The molecule has 0 aliphatic carbocycles. The van der Waals surface area contributed by atoms with E-state index >= 15 is 0 Å². The normalized spacial score (nSPS) is 11.7. The third-order valence-corrected chi connectivity index (χ3v) is 3.44. The highest BCUT2D eigenvalue weighted by Crippen LogP contribution is 2.27. The fourth-order valence-corrected chi connectivity index (χ4v) is 1.92. The molecule has 0 heterocycles. The fourth-order valence-electron chi connectivity index (χ4n) is 1.92. The molecule has 0 atom stereocenters. The molecule has 2 nitrogen and oxygen atoms in total. The van der Waals surface area contributed by atoms with Crippen molar-refractivity contribution in [3.8, 4) is 0 Å². The molecule has 0 amide bonds. The van der Waals surface area contributed by atoms with E-state index < -0.39 is 0 Å². The van der Waals surface area contributed by atoms with E-state index in [0.717, 1.165) is 25.7 Å². The van der Waals surface area contributed by atoms with Crippen LogP contribution >= 0.6 is 0 Å². The summed E-state index contributed by atoms with van der Waals surface area (Å²) in [5, 5.41) is 18.6. The smallest absolute Gasteiger partial charge is 0.0509 e. The molecule has 2 heteroatoms. The summed E-state index contributed by atoms with van der Waals surface area (Å²) in [7, 11) is 0. The second-order valence-electron chi connectivity index (χ2n) is 4.51. The topological polar surface area (TPSA) is 40.5 Å². The Morgan fingerprint density at radius 2 is 1.69 bits per heavy atom. The Labute approximate surface area is 97.9 Å². The Bertz CT molecular complexity index is 270. The quantitative estimate of drug-likeness (QED) is 0.743. The van der Waals surface area contributed by atoms with Crippen LogP contribution < -0.4 is 0 Å². The van der Waals surface area contributed by atoms with E-state index in [9.17, 15) is 10.2 Å². The summed E-state index contributed by atoms with van der Waals surface area (Å²) >= 11 is 0. The molecule has 0 saturated carbocycles. The zero-order valence-electron chi connectivity index (χ0n) is 10.0. The second kappa shape index (κ2) is 6.66. The number of hydrogen-bond donors (Lipinski definition) is 2. The molecule has 0 bridgehead atoms. The first kappa shape index (κ1) is 13.2. The zero-order valence-corrected chi connectivity index (χ0v) is 10.0. The van der Waals surface area contributed by atoms with Crippen molar-refractivity contribution >= 4 is 0 Å². The van der Waals surface area contributed by atoms with E-state index in [2.05, 4.69) is 12.1 Å². The predicted molar refractivity (Wildman–Crippen MR) is 66.3 cm³/mol. The maximum atomic E-state index is 9.31. The van der Waals surface area contributed by atoms with Crippen molar-refractivity contribution in [2.24, 2.45) is 5.41 Å². The molecule has 2 N–H and O–H groups in total. The standard InChI is InChI=1S/C14H22O2/c1-2-14(11-15,12-16)10-6-9-13-7-4-3-5-8-13/h3-5,7-8,15-16H,2,6,9-12H2,1H3. The van der Waals surface area contributed by atoms with Gasteiger partial charge in [0.25, 0.3) is 0 Å². The van der Waals surface area contributed by atoms with Gasteiger partial charge in [0.2, 0.25) is 0 Å². The number of aliphatic hydroxyl groups is 2. The minimum absolute atomic E-state index is 0.0782. The minimum atomic E-state index is -0.283. The van der Waals surface area contributed by atoms with Crippen molar-refractivity contribution in [2.45, 2.75) is 32.6 Å². The maximum absolute atomic E-state index is 9.31. The van der Waals surface area contributed by atoms with Crippen molar-refractivity contribution < 1.29 is 10.2 Å². The number of aliphatic hydroxyl groups excluding tert-OH is 2. The van der Waals surface area contributed by atoms with Crippen LogP contribution in [0.4, 0.5) is 0 Å². The Kier molecular flexibility index (Phi) is 5.50. The molecule has 0 radical (unpaired) electrons. The van der Waals surface area contributed by atoms with Crippen LogP contribution in [0.25, 0.3) is 0 Å². The molecule has 1 rings (SSSR count). The first-order valence-corrected chi connectivity index (χ1v) is 6.02. The highest BCUT2D eigenvalue weighted by molar-refractivity contribution is 5.14. The molecule has 0 fully saturated rings. The average molecular weight is 222 g/mol. The van der Waals surface area contributed by atoms with Gasteiger partial charge in [-0.05, 0) is 31.2 Å². The molecule has 1 aromatic rings. The van der Waals surface area contributed by atoms with Crippen LogP contribution in [-0.4, -0.2) is 23.4 Å². The van der Waals surface area contributed by atoms with Crippen LogP contribution in [0, 0.1) is 5.41 Å². The van der Waals surface area contributed by atoms with Gasteiger partial charge in [0.1, 0.15) is 0 Å². The lowest BCUT2D eigenvalue weighted by Crippen LogP contribution is -2.29. The summed E-state index contributed by atoms with van der Waals surface area (Å²) in [6.45, 7) is 2.18. The van der Waals surface area contributed by atoms with Gasteiger partial charge in [0.05, 0.1) is 13.2 Å². The largest absolute Gasteiger partial charge is 0.396 e. The lowest BCUT2D eigenvalue weighted by atomic mass is 9.81. The number of aryl methyl sites for hydroxylation is 1.